The maximum absolute atomic E-state index is 14.0. The molecular weight excluding hydrogens is 418 g/mol. The summed E-state index contributed by atoms with van der Waals surface area (Å²) in [6.45, 7) is 3.41. The van der Waals surface area contributed by atoms with Crippen LogP contribution in [0.2, 0.25) is 0 Å². The number of anilines is 1. The van der Waals surface area contributed by atoms with Gasteiger partial charge in [0.15, 0.2) is 17.3 Å². The van der Waals surface area contributed by atoms with E-state index in [0.29, 0.717) is 0 Å². The molecule has 0 spiro atoms. The number of rotatable bonds is 5. The minimum absolute atomic E-state index is 0.000798. The Morgan fingerprint density at radius 1 is 1.16 bits per heavy atom. The number of alkyl halides is 3. The van der Waals surface area contributed by atoms with Crippen LogP contribution in [0.5, 0.6) is 5.75 Å². The maximum Gasteiger partial charge on any atom is 0.416 e. The van der Waals surface area contributed by atoms with Gasteiger partial charge in [-0.25, -0.2) is 9.07 Å². The third-order valence-electron chi connectivity index (χ3n) is 4.23. The van der Waals surface area contributed by atoms with Crippen molar-refractivity contribution in [3.05, 3.63) is 81.5 Å². The molecule has 2 aromatic carbocycles. The largest absolute Gasteiger partial charge is 0.491 e. The summed E-state index contributed by atoms with van der Waals surface area (Å²) < 4.78 is 59.2. The average Bonchev–Trinajstić information content (AvgIpc) is 2.69. The number of carbonyl (C=O) groups is 1. The van der Waals surface area contributed by atoms with Crippen molar-refractivity contribution in [1.29, 1.82) is 0 Å². The van der Waals surface area contributed by atoms with Gasteiger partial charge in [0.2, 0.25) is 5.43 Å². The minimum atomic E-state index is -4.57. The summed E-state index contributed by atoms with van der Waals surface area (Å²) in [7, 11) is 0. The van der Waals surface area contributed by atoms with Gasteiger partial charge in [-0.15, -0.1) is 0 Å². The zero-order chi connectivity index (χ0) is 22.8. The molecule has 0 aliphatic carbocycles. The summed E-state index contributed by atoms with van der Waals surface area (Å²) in [6.07, 6.45) is -4.57. The molecule has 3 rings (SSSR count). The zero-order valence-electron chi connectivity index (χ0n) is 16.5. The fraction of sp³-hybridized carbons (Fsp3) is 0.190. The summed E-state index contributed by atoms with van der Waals surface area (Å²) >= 11 is 0. The molecule has 0 atom stereocenters. The number of carbonyl (C=O) groups excluding carboxylic acids is 1. The summed E-state index contributed by atoms with van der Waals surface area (Å²) in [5.41, 5.74) is -1.89. The number of halogens is 4. The molecule has 0 unspecified atom stereocenters. The normalized spacial score (nSPS) is 11.3. The van der Waals surface area contributed by atoms with Gasteiger partial charge in [0, 0.05) is 23.5 Å². The minimum Gasteiger partial charge on any atom is -0.491 e. The smallest absolute Gasteiger partial charge is 0.416 e. The number of aromatic nitrogens is 2. The van der Waals surface area contributed by atoms with Gasteiger partial charge in [0.05, 0.1) is 17.9 Å². The van der Waals surface area contributed by atoms with Crippen molar-refractivity contribution >= 4 is 11.6 Å². The Balaban J connectivity index is 1.95. The SMILES string of the molecule is CCOc1ccc(NC(=O)c2nn(-c3cccc(C(F)(F)F)c3)c(C)cc2=O)cc1F. The highest BCUT2D eigenvalue weighted by molar-refractivity contribution is 6.02. The molecule has 31 heavy (non-hydrogen) atoms. The van der Waals surface area contributed by atoms with E-state index in [-0.39, 0.29) is 29.4 Å². The van der Waals surface area contributed by atoms with Gasteiger partial charge in [-0.3, -0.25) is 9.59 Å². The summed E-state index contributed by atoms with van der Waals surface area (Å²) in [6, 6.07) is 9.11. The van der Waals surface area contributed by atoms with Crippen LogP contribution in [0.15, 0.2) is 53.3 Å². The van der Waals surface area contributed by atoms with E-state index in [1.807, 2.05) is 0 Å². The van der Waals surface area contributed by atoms with Crippen LogP contribution in [0, 0.1) is 12.7 Å². The maximum atomic E-state index is 14.0. The van der Waals surface area contributed by atoms with E-state index in [4.69, 9.17) is 4.74 Å². The number of ether oxygens (including phenoxy) is 1. The van der Waals surface area contributed by atoms with Crippen molar-refractivity contribution in [3.63, 3.8) is 0 Å². The molecule has 6 nitrogen and oxygen atoms in total. The van der Waals surface area contributed by atoms with E-state index >= 15 is 0 Å². The van der Waals surface area contributed by atoms with Crippen LogP contribution in [0.4, 0.5) is 23.2 Å². The lowest BCUT2D eigenvalue weighted by Crippen LogP contribution is -2.27. The lowest BCUT2D eigenvalue weighted by Gasteiger charge is -2.14. The molecule has 0 fully saturated rings. The van der Waals surface area contributed by atoms with Crippen molar-refractivity contribution in [2.24, 2.45) is 0 Å². The van der Waals surface area contributed by atoms with Gasteiger partial charge in [-0.2, -0.15) is 18.3 Å². The molecule has 3 aromatic rings. The van der Waals surface area contributed by atoms with Crippen molar-refractivity contribution < 1.29 is 27.1 Å². The summed E-state index contributed by atoms with van der Waals surface area (Å²) in [5.74, 6) is -1.65. The molecule has 1 aromatic heterocycles. The quantitative estimate of drug-likeness (QED) is 0.605. The second-order valence-corrected chi connectivity index (χ2v) is 6.49. The van der Waals surface area contributed by atoms with Crippen molar-refractivity contribution in [2.75, 3.05) is 11.9 Å². The highest BCUT2D eigenvalue weighted by Crippen LogP contribution is 2.30. The third kappa shape index (κ3) is 4.90. The highest BCUT2D eigenvalue weighted by atomic mass is 19.4. The standard InChI is InChI=1S/C21H17F4N3O3/c1-3-31-18-8-7-14(11-16(18)22)26-20(30)19-17(29)9-12(2)28(27-19)15-6-4-5-13(10-15)21(23,24)25/h4-11H,3H2,1-2H3,(H,26,30). The lowest BCUT2D eigenvalue weighted by atomic mass is 10.2. The topological polar surface area (TPSA) is 73.2 Å². The number of hydrogen-bond acceptors (Lipinski definition) is 4. The van der Waals surface area contributed by atoms with Crippen LogP contribution in [0.3, 0.4) is 0 Å². The Labute approximate surface area is 174 Å². The van der Waals surface area contributed by atoms with E-state index in [1.54, 1.807) is 6.92 Å². The molecule has 0 bridgehead atoms. The van der Waals surface area contributed by atoms with Crippen LogP contribution in [0.1, 0.15) is 28.7 Å². The number of nitrogens with zero attached hydrogens (tertiary/aromatic N) is 2. The number of aryl methyl sites for hydroxylation is 1. The number of benzene rings is 2. The lowest BCUT2D eigenvalue weighted by molar-refractivity contribution is -0.137. The second-order valence-electron chi connectivity index (χ2n) is 6.49. The molecule has 0 radical (unpaired) electrons. The Bertz CT molecular complexity index is 1190. The van der Waals surface area contributed by atoms with E-state index in [1.165, 1.54) is 31.2 Å². The molecule has 1 N–H and O–H groups in total. The van der Waals surface area contributed by atoms with E-state index in [0.717, 1.165) is 28.9 Å². The Morgan fingerprint density at radius 3 is 2.55 bits per heavy atom. The van der Waals surface area contributed by atoms with Crippen LogP contribution in [-0.4, -0.2) is 22.3 Å². The predicted molar refractivity (Wildman–Crippen MR) is 105 cm³/mol. The predicted octanol–water partition coefficient (Wildman–Crippen LogP) is 4.35. The molecule has 0 aliphatic heterocycles. The zero-order valence-corrected chi connectivity index (χ0v) is 16.5. The molecule has 0 saturated carbocycles. The first-order valence-electron chi connectivity index (χ1n) is 9.12. The first-order valence-corrected chi connectivity index (χ1v) is 9.12. The number of hydrogen-bond donors (Lipinski definition) is 1. The Hall–Kier alpha value is -3.69. The second kappa shape index (κ2) is 8.58. The molecule has 0 saturated heterocycles. The van der Waals surface area contributed by atoms with Gasteiger partial charge in [0.1, 0.15) is 0 Å². The van der Waals surface area contributed by atoms with Crippen LogP contribution >= 0.6 is 0 Å². The Morgan fingerprint density at radius 2 is 1.90 bits per heavy atom. The van der Waals surface area contributed by atoms with Crippen LogP contribution < -0.4 is 15.5 Å². The van der Waals surface area contributed by atoms with Crippen molar-refractivity contribution in [2.45, 2.75) is 20.0 Å². The molecule has 10 heteroatoms. The molecule has 1 amide bonds. The first-order chi connectivity index (χ1) is 14.6. The van der Waals surface area contributed by atoms with Crippen molar-refractivity contribution in [3.8, 4) is 11.4 Å². The van der Waals surface area contributed by atoms with Gasteiger partial charge < -0.3 is 10.1 Å². The molecule has 0 aliphatic rings. The van der Waals surface area contributed by atoms with Gasteiger partial charge in [-0.05, 0) is 44.2 Å². The highest BCUT2D eigenvalue weighted by Gasteiger charge is 2.30. The first kappa shape index (κ1) is 22.0. The summed E-state index contributed by atoms with van der Waals surface area (Å²) in [5, 5.41) is 6.29. The van der Waals surface area contributed by atoms with Crippen LogP contribution in [0.25, 0.3) is 5.69 Å². The van der Waals surface area contributed by atoms with Crippen molar-refractivity contribution in [1.82, 2.24) is 9.78 Å². The number of nitrogens with one attached hydrogen (secondary N) is 1. The molecule has 1 heterocycles. The van der Waals surface area contributed by atoms with E-state index in [9.17, 15) is 27.2 Å². The van der Waals surface area contributed by atoms with E-state index < -0.39 is 34.6 Å². The third-order valence-corrected chi connectivity index (χ3v) is 4.23. The fourth-order valence-electron chi connectivity index (χ4n) is 2.82. The monoisotopic (exact) mass is 435 g/mol. The summed E-state index contributed by atoms with van der Waals surface area (Å²) in [4.78, 5) is 24.8. The Kier molecular flexibility index (Phi) is 6.09. The molecule has 162 valence electrons. The van der Waals surface area contributed by atoms with Gasteiger partial charge in [0.25, 0.3) is 5.91 Å². The van der Waals surface area contributed by atoms with Crippen LogP contribution in [-0.2, 0) is 6.18 Å². The average molecular weight is 435 g/mol. The van der Waals surface area contributed by atoms with E-state index in [2.05, 4.69) is 10.4 Å². The molecular formula is C21H17F4N3O3. The number of amides is 1. The van der Waals surface area contributed by atoms with Gasteiger partial charge >= 0.3 is 6.18 Å². The fourth-order valence-corrected chi connectivity index (χ4v) is 2.82. The van der Waals surface area contributed by atoms with Gasteiger partial charge in [-0.1, -0.05) is 6.07 Å².